The topological polar surface area (TPSA) is 78.4 Å². The summed E-state index contributed by atoms with van der Waals surface area (Å²) in [6.07, 6.45) is -4.64. The maximum absolute atomic E-state index is 12.8. The number of carbonyl (C=O) groups is 2. The van der Waals surface area contributed by atoms with Gasteiger partial charge in [0.05, 0.1) is 11.3 Å². The van der Waals surface area contributed by atoms with Crippen molar-refractivity contribution in [3.63, 3.8) is 0 Å². The van der Waals surface area contributed by atoms with E-state index in [-0.39, 0.29) is 12.5 Å². The average Bonchev–Trinajstić information content (AvgIpc) is 2.45. The Bertz CT molecular complexity index is 546. The third-order valence-corrected chi connectivity index (χ3v) is 3.19. The monoisotopic (exact) mass is 318 g/mol. The minimum atomic E-state index is -4.64. The van der Waals surface area contributed by atoms with Crippen molar-refractivity contribution in [2.45, 2.75) is 26.1 Å². The Kier molecular flexibility index (Phi) is 5.92. The lowest BCUT2D eigenvalue weighted by molar-refractivity contribution is -0.138. The number of aliphatic hydroxyl groups is 1. The van der Waals surface area contributed by atoms with Crippen molar-refractivity contribution < 1.29 is 27.9 Å². The van der Waals surface area contributed by atoms with Crippen molar-refractivity contribution in [1.82, 2.24) is 5.32 Å². The van der Waals surface area contributed by atoms with E-state index < -0.39 is 35.3 Å². The molecule has 22 heavy (non-hydrogen) atoms. The Labute approximate surface area is 125 Å². The molecule has 8 heteroatoms. The van der Waals surface area contributed by atoms with Crippen molar-refractivity contribution in [3.8, 4) is 0 Å². The third-order valence-electron chi connectivity index (χ3n) is 3.19. The summed E-state index contributed by atoms with van der Waals surface area (Å²) >= 11 is 0. The summed E-state index contributed by atoms with van der Waals surface area (Å²) < 4.78 is 38.3. The minimum absolute atomic E-state index is 0.194. The van der Waals surface area contributed by atoms with Gasteiger partial charge in [0.1, 0.15) is 0 Å². The molecular formula is C14H17F3N2O3. The van der Waals surface area contributed by atoms with Crippen molar-refractivity contribution in [2.24, 2.45) is 5.92 Å². The second-order valence-corrected chi connectivity index (χ2v) is 4.92. The van der Waals surface area contributed by atoms with E-state index in [2.05, 4.69) is 5.32 Å². The molecular weight excluding hydrogens is 301 g/mol. The highest BCUT2D eigenvalue weighted by atomic mass is 19.4. The van der Waals surface area contributed by atoms with E-state index in [1.54, 1.807) is 13.8 Å². The van der Waals surface area contributed by atoms with Gasteiger partial charge in [-0.2, -0.15) is 13.2 Å². The summed E-state index contributed by atoms with van der Waals surface area (Å²) in [4.78, 5) is 23.3. The number of alkyl halides is 3. The largest absolute Gasteiger partial charge is 0.418 e. The van der Waals surface area contributed by atoms with Crippen LogP contribution < -0.4 is 10.6 Å². The van der Waals surface area contributed by atoms with Crippen LogP contribution in [0.4, 0.5) is 18.9 Å². The summed E-state index contributed by atoms with van der Waals surface area (Å²) in [6.45, 7) is 3.04. The van der Waals surface area contributed by atoms with Gasteiger partial charge in [0.2, 0.25) is 0 Å². The van der Waals surface area contributed by atoms with Gasteiger partial charge in [-0.05, 0) is 25.0 Å². The van der Waals surface area contributed by atoms with E-state index >= 15 is 0 Å². The zero-order valence-electron chi connectivity index (χ0n) is 12.1. The van der Waals surface area contributed by atoms with Crippen LogP contribution in [0.5, 0.6) is 0 Å². The van der Waals surface area contributed by atoms with Crippen LogP contribution in [-0.2, 0) is 15.8 Å². The number of anilines is 1. The number of aliphatic hydroxyl groups excluding tert-OH is 1. The van der Waals surface area contributed by atoms with E-state index in [0.29, 0.717) is 0 Å². The summed E-state index contributed by atoms with van der Waals surface area (Å²) in [5.74, 6) is -2.56. The Morgan fingerprint density at radius 2 is 1.77 bits per heavy atom. The van der Waals surface area contributed by atoms with Crippen LogP contribution >= 0.6 is 0 Å². The quantitative estimate of drug-likeness (QED) is 0.741. The summed E-state index contributed by atoms with van der Waals surface area (Å²) in [5, 5.41) is 13.2. The molecule has 0 heterocycles. The number of amides is 2. The predicted octanol–water partition coefficient (Wildman–Crippen LogP) is 1.78. The van der Waals surface area contributed by atoms with Gasteiger partial charge in [-0.25, -0.2) is 0 Å². The van der Waals surface area contributed by atoms with Gasteiger partial charge in [-0.15, -0.1) is 0 Å². The number of halogens is 3. The number of rotatable bonds is 4. The van der Waals surface area contributed by atoms with Crippen LogP contribution in [0.25, 0.3) is 0 Å². The van der Waals surface area contributed by atoms with E-state index in [4.69, 9.17) is 5.11 Å². The molecule has 1 rings (SSSR count). The standard InChI is InChI=1S/C14H17F3N2O3/c1-8(7-20)9(2)18-12(21)13(22)19-11-6-4-3-5-10(11)14(15,16)17/h3-6,8-9,20H,7H2,1-2H3,(H,18,21)(H,19,22). The minimum Gasteiger partial charge on any atom is -0.396 e. The van der Waals surface area contributed by atoms with Gasteiger partial charge < -0.3 is 15.7 Å². The molecule has 2 atom stereocenters. The number of carbonyl (C=O) groups excluding carboxylic acids is 2. The molecule has 0 spiro atoms. The highest BCUT2D eigenvalue weighted by molar-refractivity contribution is 6.39. The van der Waals surface area contributed by atoms with Crippen LogP contribution in [0.15, 0.2) is 24.3 Å². The van der Waals surface area contributed by atoms with E-state index in [1.165, 1.54) is 12.1 Å². The lowest BCUT2D eigenvalue weighted by Gasteiger charge is -2.19. The highest BCUT2D eigenvalue weighted by Gasteiger charge is 2.34. The lowest BCUT2D eigenvalue weighted by atomic mass is 10.1. The van der Waals surface area contributed by atoms with Crippen molar-refractivity contribution >= 4 is 17.5 Å². The fraction of sp³-hybridized carbons (Fsp3) is 0.429. The summed E-state index contributed by atoms with van der Waals surface area (Å²) in [7, 11) is 0. The molecule has 1 aromatic rings. The molecule has 0 saturated heterocycles. The molecule has 0 fully saturated rings. The first kappa shape index (κ1) is 18.0. The van der Waals surface area contributed by atoms with Crippen LogP contribution in [0.2, 0.25) is 0 Å². The first-order valence-corrected chi connectivity index (χ1v) is 6.55. The van der Waals surface area contributed by atoms with Crippen LogP contribution in [0.3, 0.4) is 0 Å². The number of nitrogens with one attached hydrogen (secondary N) is 2. The molecule has 0 saturated carbocycles. The fourth-order valence-electron chi connectivity index (χ4n) is 1.59. The summed E-state index contributed by atoms with van der Waals surface area (Å²) in [6, 6.07) is 3.88. The van der Waals surface area contributed by atoms with Gasteiger partial charge in [0, 0.05) is 12.6 Å². The number of para-hydroxylation sites is 1. The zero-order valence-corrected chi connectivity index (χ0v) is 12.1. The Morgan fingerprint density at radius 3 is 2.32 bits per heavy atom. The van der Waals surface area contributed by atoms with Crippen molar-refractivity contribution in [3.05, 3.63) is 29.8 Å². The Morgan fingerprint density at radius 1 is 1.18 bits per heavy atom. The molecule has 0 aliphatic rings. The molecule has 122 valence electrons. The van der Waals surface area contributed by atoms with Crippen LogP contribution in [0, 0.1) is 5.92 Å². The maximum atomic E-state index is 12.8. The number of hydrogen-bond donors (Lipinski definition) is 3. The number of hydrogen-bond acceptors (Lipinski definition) is 3. The fourth-order valence-corrected chi connectivity index (χ4v) is 1.59. The molecule has 2 amide bonds. The molecule has 2 unspecified atom stereocenters. The number of benzene rings is 1. The molecule has 0 bridgehead atoms. The van der Waals surface area contributed by atoms with Gasteiger partial charge in [-0.1, -0.05) is 19.1 Å². The predicted molar refractivity (Wildman–Crippen MR) is 73.9 cm³/mol. The molecule has 3 N–H and O–H groups in total. The molecule has 0 aliphatic heterocycles. The van der Waals surface area contributed by atoms with Gasteiger partial charge in [0.15, 0.2) is 0 Å². The van der Waals surface area contributed by atoms with E-state index in [9.17, 15) is 22.8 Å². The Balaban J connectivity index is 2.80. The lowest BCUT2D eigenvalue weighted by Crippen LogP contribution is -2.44. The SMILES string of the molecule is CC(CO)C(C)NC(=O)C(=O)Nc1ccccc1C(F)(F)F. The molecule has 5 nitrogen and oxygen atoms in total. The van der Waals surface area contributed by atoms with Crippen LogP contribution in [0.1, 0.15) is 19.4 Å². The normalized spacial score (nSPS) is 14.1. The smallest absolute Gasteiger partial charge is 0.396 e. The molecule has 1 aromatic carbocycles. The zero-order chi connectivity index (χ0) is 16.9. The highest BCUT2D eigenvalue weighted by Crippen LogP contribution is 2.34. The van der Waals surface area contributed by atoms with Crippen LogP contribution in [-0.4, -0.2) is 29.6 Å². The molecule has 0 aliphatic carbocycles. The first-order chi connectivity index (χ1) is 10.2. The maximum Gasteiger partial charge on any atom is 0.418 e. The van der Waals surface area contributed by atoms with Gasteiger partial charge in [0.25, 0.3) is 0 Å². The second kappa shape index (κ2) is 7.26. The van der Waals surface area contributed by atoms with Crippen molar-refractivity contribution in [2.75, 3.05) is 11.9 Å². The first-order valence-electron chi connectivity index (χ1n) is 6.55. The van der Waals surface area contributed by atoms with Gasteiger partial charge >= 0.3 is 18.0 Å². The third kappa shape index (κ3) is 4.73. The molecule has 0 aromatic heterocycles. The Hall–Kier alpha value is -2.09. The van der Waals surface area contributed by atoms with Crippen molar-refractivity contribution in [1.29, 1.82) is 0 Å². The van der Waals surface area contributed by atoms with Gasteiger partial charge in [-0.3, -0.25) is 9.59 Å². The summed E-state index contributed by atoms with van der Waals surface area (Å²) in [5.41, 5.74) is -1.52. The molecule has 0 radical (unpaired) electrons. The average molecular weight is 318 g/mol. The van der Waals surface area contributed by atoms with E-state index in [1.807, 2.05) is 5.32 Å². The van der Waals surface area contributed by atoms with E-state index in [0.717, 1.165) is 12.1 Å². The second-order valence-electron chi connectivity index (χ2n) is 4.92.